The van der Waals surface area contributed by atoms with E-state index in [1.54, 1.807) is 29.2 Å². The third kappa shape index (κ3) is 2.25. The smallest absolute Gasteiger partial charge is 0.138 e. The molecule has 5 heteroatoms. The summed E-state index contributed by atoms with van der Waals surface area (Å²) >= 11 is 0. The van der Waals surface area contributed by atoms with Gasteiger partial charge in [-0.25, -0.2) is 4.98 Å². The number of aliphatic hydroxyl groups excluding tert-OH is 1. The number of aliphatic hydroxyl groups is 1. The van der Waals surface area contributed by atoms with Crippen LogP contribution in [0.15, 0.2) is 30.9 Å². The molecule has 1 unspecified atom stereocenters. The van der Waals surface area contributed by atoms with E-state index < -0.39 is 6.10 Å². The lowest BCUT2D eigenvalue weighted by molar-refractivity contribution is 0.174. The molecule has 16 heavy (non-hydrogen) atoms. The first-order valence-electron chi connectivity index (χ1n) is 5.26. The lowest BCUT2D eigenvalue weighted by atomic mass is 10.1. The van der Waals surface area contributed by atoms with Gasteiger partial charge in [-0.1, -0.05) is 0 Å². The number of rotatable bonds is 4. The van der Waals surface area contributed by atoms with Crippen molar-refractivity contribution in [2.24, 2.45) is 0 Å². The van der Waals surface area contributed by atoms with Gasteiger partial charge in [0.25, 0.3) is 0 Å². The van der Waals surface area contributed by atoms with Crippen LogP contribution in [0, 0.1) is 0 Å². The Morgan fingerprint density at radius 2 is 2.12 bits per heavy atom. The number of hydrogen-bond donors (Lipinski definition) is 1. The number of nitrogens with zero attached hydrogens (tertiary/aromatic N) is 4. The molecular weight excluding hydrogens is 204 g/mol. The minimum Gasteiger partial charge on any atom is -0.388 e. The summed E-state index contributed by atoms with van der Waals surface area (Å²) in [6.07, 6.45) is 4.76. The van der Waals surface area contributed by atoms with E-state index in [1.807, 2.05) is 6.92 Å². The number of pyridine rings is 1. The molecule has 0 aliphatic rings. The van der Waals surface area contributed by atoms with E-state index in [1.165, 1.54) is 6.33 Å². The average Bonchev–Trinajstić information content (AvgIpc) is 2.77. The first-order chi connectivity index (χ1) is 7.81. The maximum Gasteiger partial charge on any atom is 0.138 e. The van der Waals surface area contributed by atoms with Gasteiger partial charge < -0.3 is 5.11 Å². The van der Waals surface area contributed by atoms with E-state index in [2.05, 4.69) is 15.1 Å². The number of aryl methyl sites for hydroxylation is 1. The highest BCUT2D eigenvalue weighted by Gasteiger charge is 2.12. The van der Waals surface area contributed by atoms with Crippen LogP contribution in [-0.2, 0) is 13.0 Å². The Balaban J connectivity index is 2.11. The molecule has 0 bridgehead atoms. The van der Waals surface area contributed by atoms with Crippen molar-refractivity contribution in [3.8, 4) is 0 Å². The normalized spacial score (nSPS) is 12.6. The van der Waals surface area contributed by atoms with Crippen molar-refractivity contribution in [1.29, 1.82) is 0 Å². The van der Waals surface area contributed by atoms with Gasteiger partial charge in [0, 0.05) is 25.4 Å². The Kier molecular flexibility index (Phi) is 3.26. The van der Waals surface area contributed by atoms with Crippen LogP contribution >= 0.6 is 0 Å². The van der Waals surface area contributed by atoms with Crippen molar-refractivity contribution in [3.63, 3.8) is 0 Å². The summed E-state index contributed by atoms with van der Waals surface area (Å²) < 4.78 is 1.78. The molecule has 0 saturated carbocycles. The Bertz CT molecular complexity index is 440. The molecule has 0 aromatic carbocycles. The fourth-order valence-electron chi connectivity index (χ4n) is 1.59. The van der Waals surface area contributed by atoms with Crippen LogP contribution in [-0.4, -0.2) is 24.9 Å². The summed E-state index contributed by atoms with van der Waals surface area (Å²) in [4.78, 5) is 8.04. The van der Waals surface area contributed by atoms with Crippen molar-refractivity contribution < 1.29 is 5.11 Å². The molecule has 0 spiro atoms. The molecule has 0 saturated heterocycles. The second kappa shape index (κ2) is 4.85. The topological polar surface area (TPSA) is 63.8 Å². The average molecular weight is 218 g/mol. The maximum atomic E-state index is 10.0. The molecular formula is C11H14N4O. The number of aromatic nitrogens is 4. The Morgan fingerprint density at radius 3 is 2.81 bits per heavy atom. The third-order valence-corrected chi connectivity index (χ3v) is 2.46. The fraction of sp³-hybridized carbons (Fsp3) is 0.364. The largest absolute Gasteiger partial charge is 0.388 e. The van der Waals surface area contributed by atoms with Crippen molar-refractivity contribution in [3.05, 3.63) is 42.2 Å². The molecule has 1 N–H and O–H groups in total. The lowest BCUT2D eigenvalue weighted by Crippen LogP contribution is -2.09. The molecule has 0 radical (unpaired) electrons. The summed E-state index contributed by atoms with van der Waals surface area (Å²) in [5.74, 6) is 0.798. The zero-order chi connectivity index (χ0) is 11.4. The second-order valence-corrected chi connectivity index (χ2v) is 3.49. The van der Waals surface area contributed by atoms with Crippen LogP contribution in [0.3, 0.4) is 0 Å². The summed E-state index contributed by atoms with van der Waals surface area (Å²) in [6.45, 7) is 2.76. The third-order valence-electron chi connectivity index (χ3n) is 2.46. The molecule has 84 valence electrons. The van der Waals surface area contributed by atoms with E-state index in [0.29, 0.717) is 6.42 Å². The van der Waals surface area contributed by atoms with E-state index in [0.717, 1.165) is 17.9 Å². The van der Waals surface area contributed by atoms with Crippen molar-refractivity contribution >= 4 is 0 Å². The van der Waals surface area contributed by atoms with E-state index >= 15 is 0 Å². The molecule has 2 aromatic heterocycles. The molecule has 0 fully saturated rings. The number of hydrogen-bond acceptors (Lipinski definition) is 4. The highest BCUT2D eigenvalue weighted by atomic mass is 16.3. The molecule has 0 aliphatic carbocycles. The molecule has 2 rings (SSSR count). The van der Waals surface area contributed by atoms with Crippen LogP contribution in [0.25, 0.3) is 0 Å². The zero-order valence-electron chi connectivity index (χ0n) is 9.11. The van der Waals surface area contributed by atoms with Crippen LogP contribution in [0.1, 0.15) is 24.4 Å². The monoisotopic (exact) mass is 218 g/mol. The van der Waals surface area contributed by atoms with Crippen molar-refractivity contribution in [1.82, 2.24) is 19.7 Å². The first-order valence-corrected chi connectivity index (χ1v) is 5.26. The molecule has 2 aromatic rings. The van der Waals surface area contributed by atoms with Crippen molar-refractivity contribution in [2.75, 3.05) is 0 Å². The van der Waals surface area contributed by atoms with Crippen LogP contribution < -0.4 is 0 Å². The molecule has 0 aliphatic heterocycles. The molecule has 1 atom stereocenters. The first kappa shape index (κ1) is 10.8. The fourth-order valence-corrected chi connectivity index (χ4v) is 1.59. The van der Waals surface area contributed by atoms with Gasteiger partial charge in [0.05, 0.1) is 6.10 Å². The van der Waals surface area contributed by atoms with Crippen LogP contribution in [0.2, 0.25) is 0 Å². The van der Waals surface area contributed by atoms with Gasteiger partial charge in [-0.05, 0) is 24.6 Å². The molecule has 0 amide bonds. The minimum absolute atomic E-state index is 0.470. The van der Waals surface area contributed by atoms with E-state index in [9.17, 15) is 5.11 Å². The standard InChI is InChI=1S/C11H14N4O/c1-2-15-11(13-8-14-15)7-10(16)9-3-5-12-6-4-9/h3-6,8,10,16H,2,7H2,1H3. The van der Waals surface area contributed by atoms with E-state index in [-0.39, 0.29) is 0 Å². The predicted octanol–water partition coefficient (Wildman–Crippen LogP) is 0.969. The zero-order valence-corrected chi connectivity index (χ0v) is 9.11. The quantitative estimate of drug-likeness (QED) is 0.830. The summed E-state index contributed by atoms with van der Waals surface area (Å²) in [7, 11) is 0. The Labute approximate surface area is 93.8 Å². The van der Waals surface area contributed by atoms with E-state index in [4.69, 9.17) is 0 Å². The maximum absolute atomic E-state index is 10.0. The molecule has 2 heterocycles. The van der Waals surface area contributed by atoms with Crippen LogP contribution in [0.4, 0.5) is 0 Å². The molecule has 5 nitrogen and oxygen atoms in total. The van der Waals surface area contributed by atoms with Gasteiger partial charge in [-0.2, -0.15) is 5.10 Å². The highest BCUT2D eigenvalue weighted by molar-refractivity contribution is 5.14. The SMILES string of the molecule is CCn1ncnc1CC(O)c1ccncc1. The highest BCUT2D eigenvalue weighted by Crippen LogP contribution is 2.15. The predicted molar refractivity (Wildman–Crippen MR) is 58.6 cm³/mol. The second-order valence-electron chi connectivity index (χ2n) is 3.49. The summed E-state index contributed by atoms with van der Waals surface area (Å²) in [6, 6.07) is 3.61. The van der Waals surface area contributed by atoms with Gasteiger partial charge in [-0.3, -0.25) is 9.67 Å². The van der Waals surface area contributed by atoms with Gasteiger partial charge >= 0.3 is 0 Å². The summed E-state index contributed by atoms with van der Waals surface area (Å²) in [5, 5.41) is 14.1. The van der Waals surface area contributed by atoms with Gasteiger partial charge in [0.1, 0.15) is 12.2 Å². The van der Waals surface area contributed by atoms with Gasteiger partial charge in [0.2, 0.25) is 0 Å². The Hall–Kier alpha value is -1.75. The van der Waals surface area contributed by atoms with Gasteiger partial charge in [-0.15, -0.1) is 0 Å². The Morgan fingerprint density at radius 1 is 1.38 bits per heavy atom. The minimum atomic E-state index is -0.558. The lowest BCUT2D eigenvalue weighted by Gasteiger charge is -2.10. The van der Waals surface area contributed by atoms with Crippen LogP contribution in [0.5, 0.6) is 0 Å². The van der Waals surface area contributed by atoms with Gasteiger partial charge in [0.15, 0.2) is 0 Å². The summed E-state index contributed by atoms with van der Waals surface area (Å²) in [5.41, 5.74) is 0.848. The van der Waals surface area contributed by atoms with Crippen molar-refractivity contribution in [2.45, 2.75) is 26.0 Å².